The van der Waals surface area contributed by atoms with Gasteiger partial charge in [-0.05, 0) is 24.3 Å². The molecule has 2 aliphatic heterocycles. The zero-order valence-electron chi connectivity index (χ0n) is 14.8. The maximum atomic E-state index is 12.9. The van der Waals surface area contributed by atoms with E-state index in [-0.39, 0.29) is 5.91 Å². The minimum absolute atomic E-state index is 0.000723. The van der Waals surface area contributed by atoms with Gasteiger partial charge in [-0.2, -0.15) is 0 Å². The third-order valence-electron chi connectivity index (χ3n) is 4.88. The molecule has 2 aromatic rings. The molecule has 0 aliphatic carbocycles. The molecule has 0 bridgehead atoms. The van der Waals surface area contributed by atoms with Crippen LogP contribution in [0.2, 0.25) is 0 Å². The van der Waals surface area contributed by atoms with Crippen LogP contribution in [0.25, 0.3) is 0 Å². The lowest BCUT2D eigenvalue weighted by Gasteiger charge is -2.35. The van der Waals surface area contributed by atoms with Crippen LogP contribution >= 0.6 is 0 Å². The first-order valence-electron chi connectivity index (χ1n) is 9.05. The van der Waals surface area contributed by atoms with Gasteiger partial charge in [0.25, 0.3) is 5.91 Å². The zero-order valence-corrected chi connectivity index (χ0v) is 14.8. The Balaban J connectivity index is 1.40. The Morgan fingerprint density at radius 1 is 0.885 bits per heavy atom. The largest absolute Gasteiger partial charge is 0.378 e. The molecule has 4 heterocycles. The van der Waals surface area contributed by atoms with Gasteiger partial charge >= 0.3 is 0 Å². The monoisotopic (exact) mass is 353 g/mol. The van der Waals surface area contributed by atoms with E-state index in [2.05, 4.69) is 19.8 Å². The fourth-order valence-corrected chi connectivity index (χ4v) is 3.40. The average molecular weight is 353 g/mol. The second-order valence-corrected chi connectivity index (χ2v) is 6.47. The van der Waals surface area contributed by atoms with Crippen molar-refractivity contribution in [1.82, 2.24) is 14.9 Å². The van der Waals surface area contributed by atoms with Crippen LogP contribution < -0.4 is 9.80 Å². The van der Waals surface area contributed by atoms with Crippen molar-refractivity contribution in [3.05, 3.63) is 48.4 Å². The van der Waals surface area contributed by atoms with Crippen LogP contribution in [0.5, 0.6) is 0 Å². The highest BCUT2D eigenvalue weighted by Crippen LogP contribution is 2.18. The van der Waals surface area contributed by atoms with Crippen molar-refractivity contribution in [3.8, 4) is 0 Å². The summed E-state index contributed by atoms with van der Waals surface area (Å²) in [4.78, 5) is 27.9. The summed E-state index contributed by atoms with van der Waals surface area (Å²) in [7, 11) is 0. The van der Waals surface area contributed by atoms with Crippen LogP contribution in [0.3, 0.4) is 0 Å². The van der Waals surface area contributed by atoms with E-state index in [1.165, 1.54) is 0 Å². The summed E-state index contributed by atoms with van der Waals surface area (Å²) in [5.74, 6) is 0.966. The van der Waals surface area contributed by atoms with E-state index >= 15 is 0 Å². The highest BCUT2D eigenvalue weighted by molar-refractivity contribution is 5.93. The normalized spacial score (nSPS) is 18.1. The van der Waals surface area contributed by atoms with Gasteiger partial charge in [0.15, 0.2) is 0 Å². The third kappa shape index (κ3) is 3.62. The molecule has 2 saturated heterocycles. The van der Waals surface area contributed by atoms with Crippen molar-refractivity contribution in [3.63, 3.8) is 0 Å². The molecule has 0 aromatic carbocycles. The second kappa shape index (κ2) is 7.70. The molecule has 2 aliphatic rings. The fraction of sp³-hybridized carbons (Fsp3) is 0.421. The van der Waals surface area contributed by atoms with Crippen LogP contribution in [-0.4, -0.2) is 73.3 Å². The van der Waals surface area contributed by atoms with Crippen LogP contribution in [0.1, 0.15) is 10.5 Å². The quantitative estimate of drug-likeness (QED) is 0.828. The Morgan fingerprint density at radius 3 is 2.42 bits per heavy atom. The molecule has 1 amide bonds. The van der Waals surface area contributed by atoms with Gasteiger partial charge in [-0.25, -0.2) is 4.98 Å². The van der Waals surface area contributed by atoms with Crippen LogP contribution in [-0.2, 0) is 4.74 Å². The first-order chi connectivity index (χ1) is 12.8. The number of morpholine rings is 1. The zero-order chi connectivity index (χ0) is 17.8. The molecule has 2 fully saturated rings. The van der Waals surface area contributed by atoms with Crippen LogP contribution in [0.4, 0.5) is 11.5 Å². The van der Waals surface area contributed by atoms with Crippen molar-refractivity contribution < 1.29 is 9.53 Å². The number of anilines is 2. The number of pyridine rings is 2. The average Bonchev–Trinajstić information content (AvgIpc) is 2.75. The number of carbonyl (C=O) groups is 1. The number of amides is 1. The van der Waals surface area contributed by atoms with Crippen LogP contribution in [0.15, 0.2) is 42.7 Å². The van der Waals surface area contributed by atoms with E-state index in [1.54, 1.807) is 12.4 Å². The number of piperazine rings is 1. The second-order valence-electron chi connectivity index (χ2n) is 6.47. The summed E-state index contributed by atoms with van der Waals surface area (Å²) < 4.78 is 5.40. The molecule has 7 nitrogen and oxygen atoms in total. The van der Waals surface area contributed by atoms with Gasteiger partial charge < -0.3 is 19.4 Å². The lowest BCUT2D eigenvalue weighted by molar-refractivity contribution is 0.0740. The molecular weight excluding hydrogens is 330 g/mol. The Bertz CT molecular complexity index is 741. The van der Waals surface area contributed by atoms with Crippen molar-refractivity contribution in [2.45, 2.75) is 0 Å². The number of rotatable bonds is 3. The number of hydrogen-bond donors (Lipinski definition) is 0. The first kappa shape index (κ1) is 16.8. The Kier molecular flexibility index (Phi) is 4.97. The molecule has 0 spiro atoms. The van der Waals surface area contributed by atoms with Gasteiger partial charge in [0, 0.05) is 57.3 Å². The summed E-state index contributed by atoms with van der Waals surface area (Å²) in [5.41, 5.74) is 1.55. The molecule has 0 radical (unpaired) electrons. The van der Waals surface area contributed by atoms with E-state index in [1.807, 2.05) is 35.2 Å². The van der Waals surface area contributed by atoms with Gasteiger partial charge in [0.1, 0.15) is 11.5 Å². The van der Waals surface area contributed by atoms with E-state index in [4.69, 9.17) is 4.74 Å². The van der Waals surface area contributed by atoms with Gasteiger partial charge in [-0.1, -0.05) is 6.07 Å². The SMILES string of the molecule is O=C(c1cc(N2CCOCC2)ccn1)N1CCN(c2ccccn2)CC1. The highest BCUT2D eigenvalue weighted by Gasteiger charge is 2.24. The number of nitrogens with zero attached hydrogens (tertiary/aromatic N) is 5. The van der Waals surface area contributed by atoms with E-state index < -0.39 is 0 Å². The Labute approximate surface area is 153 Å². The maximum absolute atomic E-state index is 12.9. The van der Waals surface area contributed by atoms with Crippen molar-refractivity contribution in [1.29, 1.82) is 0 Å². The van der Waals surface area contributed by atoms with Gasteiger partial charge in [-0.15, -0.1) is 0 Å². The molecule has 2 aromatic heterocycles. The van der Waals surface area contributed by atoms with Gasteiger partial charge in [0.2, 0.25) is 0 Å². The molecule has 0 unspecified atom stereocenters. The lowest BCUT2D eigenvalue weighted by Crippen LogP contribution is -2.49. The van der Waals surface area contributed by atoms with E-state index in [0.717, 1.165) is 50.9 Å². The first-order valence-corrected chi connectivity index (χ1v) is 9.05. The Hall–Kier alpha value is -2.67. The molecule has 136 valence electrons. The summed E-state index contributed by atoms with van der Waals surface area (Å²) in [6.45, 7) is 6.07. The van der Waals surface area contributed by atoms with E-state index in [0.29, 0.717) is 18.8 Å². The predicted octanol–water partition coefficient (Wildman–Crippen LogP) is 1.28. The van der Waals surface area contributed by atoms with Gasteiger partial charge in [0.05, 0.1) is 13.2 Å². The summed E-state index contributed by atoms with van der Waals surface area (Å²) in [6, 6.07) is 9.77. The molecule has 0 N–H and O–H groups in total. The number of carbonyl (C=O) groups excluding carboxylic acids is 1. The molecular formula is C19H23N5O2. The summed E-state index contributed by atoms with van der Waals surface area (Å²) >= 11 is 0. The minimum Gasteiger partial charge on any atom is -0.378 e. The van der Waals surface area contributed by atoms with E-state index in [9.17, 15) is 4.79 Å². The summed E-state index contributed by atoms with van der Waals surface area (Å²) in [6.07, 6.45) is 3.52. The molecule has 0 saturated carbocycles. The number of aromatic nitrogens is 2. The smallest absolute Gasteiger partial charge is 0.272 e. The molecule has 4 rings (SSSR count). The predicted molar refractivity (Wildman–Crippen MR) is 99.6 cm³/mol. The highest BCUT2D eigenvalue weighted by atomic mass is 16.5. The summed E-state index contributed by atoms with van der Waals surface area (Å²) in [5, 5.41) is 0. The van der Waals surface area contributed by atoms with Crippen LogP contribution in [0, 0.1) is 0 Å². The van der Waals surface area contributed by atoms with Gasteiger partial charge in [-0.3, -0.25) is 9.78 Å². The Morgan fingerprint density at radius 2 is 1.69 bits per heavy atom. The number of ether oxygens (including phenoxy) is 1. The molecule has 26 heavy (non-hydrogen) atoms. The fourth-order valence-electron chi connectivity index (χ4n) is 3.40. The lowest BCUT2D eigenvalue weighted by atomic mass is 10.2. The standard InChI is InChI=1S/C19H23N5O2/c25-19(17-15-16(4-6-20-17)22-11-13-26-14-12-22)24-9-7-23(8-10-24)18-3-1-2-5-21-18/h1-6,15H,7-14H2. The third-order valence-corrected chi connectivity index (χ3v) is 4.88. The van der Waals surface area contributed by atoms with Crippen molar-refractivity contribution in [2.24, 2.45) is 0 Å². The topological polar surface area (TPSA) is 61.8 Å². The molecule has 7 heteroatoms. The maximum Gasteiger partial charge on any atom is 0.272 e. The number of hydrogen-bond acceptors (Lipinski definition) is 6. The molecule has 0 atom stereocenters. The minimum atomic E-state index is 0.000723. The van der Waals surface area contributed by atoms with Crippen molar-refractivity contribution >= 4 is 17.4 Å². The van der Waals surface area contributed by atoms with Crippen molar-refractivity contribution in [2.75, 3.05) is 62.3 Å².